The van der Waals surface area contributed by atoms with Gasteiger partial charge < -0.3 is 15.5 Å². The molecule has 3 atom stereocenters. The Labute approximate surface area is 206 Å². The van der Waals surface area contributed by atoms with E-state index in [1.54, 1.807) is 12.1 Å². The summed E-state index contributed by atoms with van der Waals surface area (Å²) >= 11 is 0. The molecule has 3 aromatic rings. The Hall–Kier alpha value is -3.45. The normalized spacial score (nSPS) is 22.5. The Morgan fingerprint density at radius 1 is 0.886 bits per heavy atom. The molecule has 1 saturated carbocycles. The van der Waals surface area contributed by atoms with Crippen molar-refractivity contribution in [2.75, 3.05) is 23.3 Å². The molecular formula is C28H33N5O2. The van der Waals surface area contributed by atoms with E-state index in [1.807, 2.05) is 24.4 Å². The van der Waals surface area contributed by atoms with Crippen LogP contribution in [0.3, 0.4) is 0 Å². The summed E-state index contributed by atoms with van der Waals surface area (Å²) in [5, 5.41) is 18.7. The molecule has 0 spiro atoms. The van der Waals surface area contributed by atoms with Crippen molar-refractivity contribution in [3.8, 4) is 11.1 Å². The highest BCUT2D eigenvalue weighted by Crippen LogP contribution is 2.27. The van der Waals surface area contributed by atoms with Crippen LogP contribution in [0.5, 0.6) is 0 Å². The molecule has 1 saturated heterocycles. The van der Waals surface area contributed by atoms with Gasteiger partial charge in [-0.2, -0.15) is 0 Å². The number of aromatic nitrogens is 1. The van der Waals surface area contributed by atoms with Crippen molar-refractivity contribution >= 4 is 17.2 Å². The van der Waals surface area contributed by atoms with E-state index < -0.39 is 0 Å². The summed E-state index contributed by atoms with van der Waals surface area (Å²) in [6, 6.07) is 22.7. The number of pyridine rings is 1. The molecule has 35 heavy (non-hydrogen) atoms. The number of nitro groups is 1. The van der Waals surface area contributed by atoms with Crippen LogP contribution in [0.25, 0.3) is 11.1 Å². The van der Waals surface area contributed by atoms with Crippen molar-refractivity contribution in [1.82, 2.24) is 10.3 Å². The van der Waals surface area contributed by atoms with Gasteiger partial charge in [0.15, 0.2) is 0 Å². The minimum Gasteiger partial charge on any atom is -0.370 e. The first kappa shape index (κ1) is 23.3. The lowest BCUT2D eigenvalue weighted by Gasteiger charge is -2.40. The second-order valence-electron chi connectivity index (χ2n) is 9.66. The van der Waals surface area contributed by atoms with E-state index in [1.165, 1.54) is 24.0 Å². The Morgan fingerprint density at radius 2 is 1.66 bits per heavy atom. The Bertz CT molecular complexity index is 1120. The first-order chi connectivity index (χ1) is 17.2. The quantitative estimate of drug-likeness (QED) is 0.343. The summed E-state index contributed by atoms with van der Waals surface area (Å²) in [6.45, 7) is 1.90. The third kappa shape index (κ3) is 5.80. The molecule has 2 fully saturated rings. The number of nitrogens with one attached hydrogen (secondary N) is 2. The molecule has 1 unspecified atom stereocenters. The summed E-state index contributed by atoms with van der Waals surface area (Å²) in [5.74, 6) is 0.932. The van der Waals surface area contributed by atoms with Gasteiger partial charge in [-0.25, -0.2) is 4.98 Å². The molecule has 1 aliphatic heterocycles. The highest BCUT2D eigenvalue weighted by Gasteiger charge is 2.29. The molecule has 2 heterocycles. The number of piperidine rings is 1. The van der Waals surface area contributed by atoms with Crippen molar-refractivity contribution in [1.29, 1.82) is 0 Å². The molecular weight excluding hydrogens is 438 g/mol. The molecule has 2 N–H and O–H groups in total. The summed E-state index contributed by atoms with van der Waals surface area (Å²) in [6.07, 6.45) is 8.91. The maximum atomic E-state index is 11.0. The minimum absolute atomic E-state index is 0.140. The predicted molar refractivity (Wildman–Crippen MR) is 141 cm³/mol. The fraction of sp³-hybridized carbons (Fsp3) is 0.393. The van der Waals surface area contributed by atoms with Crippen LogP contribution >= 0.6 is 0 Å². The van der Waals surface area contributed by atoms with Gasteiger partial charge in [-0.05, 0) is 61.1 Å². The van der Waals surface area contributed by atoms with Crippen LogP contribution in [-0.4, -0.2) is 41.1 Å². The van der Waals surface area contributed by atoms with Gasteiger partial charge in [-0.3, -0.25) is 10.1 Å². The van der Waals surface area contributed by atoms with Crippen LogP contribution < -0.4 is 15.5 Å². The maximum Gasteiger partial charge on any atom is 0.269 e. The first-order valence-electron chi connectivity index (χ1n) is 12.7. The molecule has 0 radical (unpaired) electrons. The van der Waals surface area contributed by atoms with Gasteiger partial charge in [-0.15, -0.1) is 0 Å². The third-order valence-electron chi connectivity index (χ3n) is 7.26. The van der Waals surface area contributed by atoms with E-state index in [4.69, 9.17) is 0 Å². The smallest absolute Gasteiger partial charge is 0.269 e. The van der Waals surface area contributed by atoms with Gasteiger partial charge in [0.1, 0.15) is 5.82 Å². The molecule has 0 amide bonds. The average Bonchev–Trinajstić information content (AvgIpc) is 2.91. The zero-order chi connectivity index (χ0) is 24.0. The van der Waals surface area contributed by atoms with Gasteiger partial charge in [0.2, 0.25) is 0 Å². The Kier molecular flexibility index (Phi) is 7.23. The van der Waals surface area contributed by atoms with E-state index in [0.717, 1.165) is 50.3 Å². The Morgan fingerprint density at radius 3 is 2.43 bits per heavy atom. The topological polar surface area (TPSA) is 83.3 Å². The largest absolute Gasteiger partial charge is 0.370 e. The number of hydrogen-bond acceptors (Lipinski definition) is 6. The zero-order valence-corrected chi connectivity index (χ0v) is 20.0. The van der Waals surface area contributed by atoms with Gasteiger partial charge in [-0.1, -0.05) is 43.2 Å². The van der Waals surface area contributed by atoms with Crippen LogP contribution in [0.4, 0.5) is 17.2 Å². The number of non-ortho nitro benzene ring substituents is 1. The highest BCUT2D eigenvalue weighted by atomic mass is 16.6. The molecule has 0 bridgehead atoms. The summed E-state index contributed by atoms with van der Waals surface area (Å²) in [4.78, 5) is 17.6. The van der Waals surface area contributed by atoms with Crippen molar-refractivity contribution in [3.63, 3.8) is 0 Å². The van der Waals surface area contributed by atoms with E-state index in [0.29, 0.717) is 18.1 Å². The molecule has 182 valence electrons. The molecule has 1 aromatic heterocycles. The molecule has 7 nitrogen and oxygen atoms in total. The number of benzene rings is 2. The summed E-state index contributed by atoms with van der Waals surface area (Å²) in [5.41, 5.74) is 3.57. The van der Waals surface area contributed by atoms with E-state index in [-0.39, 0.29) is 10.6 Å². The molecule has 2 aliphatic rings. The van der Waals surface area contributed by atoms with Crippen LogP contribution in [0, 0.1) is 10.1 Å². The van der Waals surface area contributed by atoms with Crippen LogP contribution in [0.1, 0.15) is 38.5 Å². The first-order valence-corrected chi connectivity index (χ1v) is 12.7. The second kappa shape index (κ2) is 10.9. The minimum atomic E-state index is -0.342. The van der Waals surface area contributed by atoms with Crippen LogP contribution in [-0.2, 0) is 0 Å². The Balaban J connectivity index is 1.23. The monoisotopic (exact) mass is 471 g/mol. The number of anilines is 2. The number of rotatable bonds is 7. The maximum absolute atomic E-state index is 11.0. The van der Waals surface area contributed by atoms with Gasteiger partial charge in [0, 0.05) is 55.2 Å². The third-order valence-corrected chi connectivity index (χ3v) is 7.26. The molecule has 2 aromatic carbocycles. The van der Waals surface area contributed by atoms with Crippen molar-refractivity contribution in [3.05, 3.63) is 83.0 Å². The van der Waals surface area contributed by atoms with Crippen molar-refractivity contribution in [2.24, 2.45) is 0 Å². The summed E-state index contributed by atoms with van der Waals surface area (Å²) < 4.78 is 0. The van der Waals surface area contributed by atoms with Crippen LogP contribution in [0.15, 0.2) is 72.9 Å². The van der Waals surface area contributed by atoms with Gasteiger partial charge >= 0.3 is 0 Å². The molecule has 5 rings (SSSR count). The van der Waals surface area contributed by atoms with E-state index in [9.17, 15) is 10.1 Å². The number of nitro benzene ring substituents is 1. The fourth-order valence-electron chi connectivity index (χ4n) is 5.45. The average molecular weight is 472 g/mol. The fourth-order valence-corrected chi connectivity index (χ4v) is 5.45. The number of hydrogen-bond donors (Lipinski definition) is 2. The lowest BCUT2D eigenvalue weighted by molar-refractivity contribution is -0.384. The van der Waals surface area contributed by atoms with Crippen LogP contribution in [0.2, 0.25) is 0 Å². The van der Waals surface area contributed by atoms with Gasteiger partial charge in [0.25, 0.3) is 5.69 Å². The van der Waals surface area contributed by atoms with E-state index >= 15 is 0 Å². The molecule has 1 aliphatic carbocycles. The summed E-state index contributed by atoms with van der Waals surface area (Å²) in [7, 11) is 0. The molecule has 7 heteroatoms. The van der Waals surface area contributed by atoms with Crippen molar-refractivity contribution < 1.29 is 4.92 Å². The zero-order valence-electron chi connectivity index (χ0n) is 20.0. The lowest BCUT2D eigenvalue weighted by Crippen LogP contribution is -2.54. The second-order valence-corrected chi connectivity index (χ2v) is 9.66. The van der Waals surface area contributed by atoms with Gasteiger partial charge in [0.05, 0.1) is 4.92 Å². The highest BCUT2D eigenvalue weighted by molar-refractivity contribution is 5.66. The standard InChI is InChI=1S/C28H33N5O2/c34-33(35)25-14-12-24(13-15-25)32-18-6-9-23(20-32)30-26-10-4-5-11-27(26)31-28-19-22(16-17-29-28)21-7-2-1-3-8-21/h1-3,7-8,12-17,19,23,26-27,30H,4-6,9-11,18,20H2,(H,29,31)/t23?,26-,27-/m1/s1. The lowest BCUT2D eigenvalue weighted by atomic mass is 9.89. The number of nitrogens with zero attached hydrogens (tertiary/aromatic N) is 3. The van der Waals surface area contributed by atoms with E-state index in [2.05, 4.69) is 56.9 Å². The SMILES string of the molecule is O=[N+]([O-])c1ccc(N2CCCC(N[C@@H]3CCCC[C@H]3Nc3cc(-c4ccccc4)ccn3)C2)cc1. The van der Waals surface area contributed by atoms with Crippen molar-refractivity contribution in [2.45, 2.75) is 56.7 Å². The predicted octanol–water partition coefficient (Wildman–Crippen LogP) is 5.64.